The average molecular weight is 284 g/mol. The van der Waals surface area contributed by atoms with E-state index < -0.39 is 0 Å². The van der Waals surface area contributed by atoms with Gasteiger partial charge in [0.05, 0.1) is 7.11 Å². The molecule has 3 nitrogen and oxygen atoms in total. The lowest BCUT2D eigenvalue weighted by atomic mass is 10.1. The Morgan fingerprint density at radius 2 is 1.90 bits per heavy atom. The first-order valence-electron chi connectivity index (χ1n) is 7.36. The molecule has 0 heterocycles. The van der Waals surface area contributed by atoms with Crippen molar-refractivity contribution in [3.8, 4) is 5.75 Å². The van der Waals surface area contributed by atoms with E-state index in [0.29, 0.717) is 6.54 Å². The summed E-state index contributed by atoms with van der Waals surface area (Å²) in [7, 11) is 1.69. The summed E-state index contributed by atoms with van der Waals surface area (Å²) in [4.78, 5) is 2.37. The Hall–Kier alpha value is -2.00. The van der Waals surface area contributed by atoms with Gasteiger partial charge in [-0.05, 0) is 37.1 Å². The summed E-state index contributed by atoms with van der Waals surface area (Å²) in [6.45, 7) is 6.65. The van der Waals surface area contributed by atoms with Gasteiger partial charge in [-0.1, -0.05) is 30.3 Å². The van der Waals surface area contributed by atoms with Crippen molar-refractivity contribution in [2.75, 3.05) is 18.6 Å². The molecule has 0 atom stereocenters. The van der Waals surface area contributed by atoms with Crippen molar-refractivity contribution in [1.82, 2.24) is 0 Å². The van der Waals surface area contributed by atoms with Crippen LogP contribution in [0.25, 0.3) is 0 Å². The summed E-state index contributed by atoms with van der Waals surface area (Å²) in [5.41, 5.74) is 10.6. The van der Waals surface area contributed by atoms with Crippen LogP contribution in [0.15, 0.2) is 42.5 Å². The monoisotopic (exact) mass is 284 g/mol. The second-order valence-corrected chi connectivity index (χ2v) is 5.15. The minimum absolute atomic E-state index is 0.499. The summed E-state index contributed by atoms with van der Waals surface area (Å²) in [6, 6.07) is 14.8. The molecule has 2 N–H and O–H groups in total. The topological polar surface area (TPSA) is 38.5 Å². The van der Waals surface area contributed by atoms with E-state index in [0.717, 1.165) is 24.4 Å². The summed E-state index contributed by atoms with van der Waals surface area (Å²) >= 11 is 0. The van der Waals surface area contributed by atoms with Crippen molar-refractivity contribution < 1.29 is 4.74 Å². The van der Waals surface area contributed by atoms with Crippen LogP contribution in [0.5, 0.6) is 5.75 Å². The van der Waals surface area contributed by atoms with Crippen LogP contribution in [0.1, 0.15) is 23.6 Å². The molecule has 0 unspecified atom stereocenters. The fourth-order valence-corrected chi connectivity index (χ4v) is 2.56. The number of anilines is 1. The third-order valence-electron chi connectivity index (χ3n) is 3.78. The standard InChI is InChI=1S/C18H24N2O/c1-4-20(17-8-6-5-7-14(17)2)13-15-9-10-16(12-19)18(11-15)21-3/h5-11H,4,12-13,19H2,1-3H3. The van der Waals surface area contributed by atoms with Gasteiger partial charge in [-0.15, -0.1) is 0 Å². The van der Waals surface area contributed by atoms with E-state index >= 15 is 0 Å². The Bertz CT molecular complexity index is 596. The van der Waals surface area contributed by atoms with Gasteiger partial charge in [-0.25, -0.2) is 0 Å². The first-order valence-corrected chi connectivity index (χ1v) is 7.36. The van der Waals surface area contributed by atoms with Crippen LogP contribution in [-0.2, 0) is 13.1 Å². The maximum absolute atomic E-state index is 5.72. The number of aryl methyl sites for hydroxylation is 1. The van der Waals surface area contributed by atoms with Gasteiger partial charge in [-0.2, -0.15) is 0 Å². The lowest BCUT2D eigenvalue weighted by Gasteiger charge is -2.25. The maximum atomic E-state index is 5.72. The lowest BCUT2D eigenvalue weighted by molar-refractivity contribution is 0.409. The normalized spacial score (nSPS) is 10.5. The van der Waals surface area contributed by atoms with Crippen LogP contribution in [0.2, 0.25) is 0 Å². The fourth-order valence-electron chi connectivity index (χ4n) is 2.56. The zero-order valence-electron chi connectivity index (χ0n) is 13.1. The number of nitrogens with two attached hydrogens (primary N) is 1. The number of hydrogen-bond acceptors (Lipinski definition) is 3. The van der Waals surface area contributed by atoms with Gasteiger partial charge in [0, 0.05) is 30.9 Å². The van der Waals surface area contributed by atoms with Gasteiger partial charge < -0.3 is 15.4 Å². The van der Waals surface area contributed by atoms with E-state index in [-0.39, 0.29) is 0 Å². The molecule has 2 aromatic carbocycles. The van der Waals surface area contributed by atoms with Crippen LogP contribution in [-0.4, -0.2) is 13.7 Å². The zero-order chi connectivity index (χ0) is 15.2. The number of ether oxygens (including phenoxy) is 1. The number of nitrogens with zero attached hydrogens (tertiary/aromatic N) is 1. The van der Waals surface area contributed by atoms with Crippen LogP contribution in [0, 0.1) is 6.92 Å². The first kappa shape index (κ1) is 15.4. The Morgan fingerprint density at radius 3 is 2.52 bits per heavy atom. The molecule has 0 saturated heterocycles. The molecule has 112 valence electrons. The average Bonchev–Trinajstić information content (AvgIpc) is 2.53. The van der Waals surface area contributed by atoms with E-state index in [4.69, 9.17) is 10.5 Å². The van der Waals surface area contributed by atoms with E-state index in [1.165, 1.54) is 16.8 Å². The van der Waals surface area contributed by atoms with Crippen LogP contribution in [0.4, 0.5) is 5.69 Å². The van der Waals surface area contributed by atoms with Crippen molar-refractivity contribution in [2.45, 2.75) is 26.9 Å². The first-order chi connectivity index (χ1) is 10.2. The molecule has 0 aliphatic rings. The SMILES string of the molecule is CCN(Cc1ccc(CN)c(OC)c1)c1ccccc1C. The molecule has 0 spiro atoms. The number of benzene rings is 2. The van der Waals surface area contributed by atoms with Gasteiger partial charge in [0.2, 0.25) is 0 Å². The van der Waals surface area contributed by atoms with Gasteiger partial charge >= 0.3 is 0 Å². The van der Waals surface area contributed by atoms with Gasteiger partial charge in [-0.3, -0.25) is 0 Å². The number of methoxy groups -OCH3 is 1. The van der Waals surface area contributed by atoms with Crippen LogP contribution >= 0.6 is 0 Å². The number of rotatable bonds is 6. The third-order valence-corrected chi connectivity index (χ3v) is 3.78. The van der Waals surface area contributed by atoms with E-state index in [2.05, 4.69) is 61.2 Å². The molecule has 21 heavy (non-hydrogen) atoms. The second kappa shape index (κ2) is 7.14. The molecule has 3 heteroatoms. The Labute approximate surface area is 127 Å². The van der Waals surface area contributed by atoms with Crippen molar-refractivity contribution in [3.63, 3.8) is 0 Å². The highest BCUT2D eigenvalue weighted by Gasteiger charge is 2.09. The lowest BCUT2D eigenvalue weighted by Crippen LogP contribution is -2.22. The molecule has 2 rings (SSSR count). The molecule has 0 radical (unpaired) electrons. The predicted octanol–water partition coefficient (Wildman–Crippen LogP) is 3.49. The Balaban J connectivity index is 2.25. The maximum Gasteiger partial charge on any atom is 0.123 e. The van der Waals surface area contributed by atoms with E-state index in [9.17, 15) is 0 Å². The molecule has 0 aliphatic carbocycles. The van der Waals surface area contributed by atoms with Crippen molar-refractivity contribution in [3.05, 3.63) is 59.2 Å². The predicted molar refractivity (Wildman–Crippen MR) is 88.8 cm³/mol. The number of para-hydroxylation sites is 1. The molecule has 0 saturated carbocycles. The minimum atomic E-state index is 0.499. The van der Waals surface area contributed by atoms with Crippen molar-refractivity contribution in [2.24, 2.45) is 5.73 Å². The van der Waals surface area contributed by atoms with Crippen LogP contribution < -0.4 is 15.4 Å². The molecule has 2 aromatic rings. The molecular weight excluding hydrogens is 260 g/mol. The summed E-state index contributed by atoms with van der Waals surface area (Å²) in [5, 5.41) is 0. The smallest absolute Gasteiger partial charge is 0.123 e. The summed E-state index contributed by atoms with van der Waals surface area (Å²) < 4.78 is 5.42. The van der Waals surface area contributed by atoms with Gasteiger partial charge in [0.1, 0.15) is 5.75 Å². The minimum Gasteiger partial charge on any atom is -0.496 e. The highest BCUT2D eigenvalue weighted by Crippen LogP contribution is 2.24. The highest BCUT2D eigenvalue weighted by atomic mass is 16.5. The van der Waals surface area contributed by atoms with E-state index in [1.807, 2.05) is 0 Å². The third kappa shape index (κ3) is 3.56. The molecule has 0 fully saturated rings. The fraction of sp³-hybridized carbons (Fsp3) is 0.333. The molecule has 0 amide bonds. The molecular formula is C18H24N2O. The summed E-state index contributed by atoms with van der Waals surface area (Å²) in [5.74, 6) is 0.871. The summed E-state index contributed by atoms with van der Waals surface area (Å²) in [6.07, 6.45) is 0. The number of hydrogen-bond donors (Lipinski definition) is 1. The highest BCUT2D eigenvalue weighted by molar-refractivity contribution is 5.53. The Morgan fingerprint density at radius 1 is 1.14 bits per heavy atom. The van der Waals surface area contributed by atoms with Crippen molar-refractivity contribution in [1.29, 1.82) is 0 Å². The molecule has 0 bridgehead atoms. The molecule has 0 aliphatic heterocycles. The van der Waals surface area contributed by atoms with E-state index in [1.54, 1.807) is 7.11 Å². The Kier molecular flexibility index (Phi) is 5.23. The van der Waals surface area contributed by atoms with Crippen LogP contribution in [0.3, 0.4) is 0 Å². The largest absolute Gasteiger partial charge is 0.496 e. The molecule has 0 aromatic heterocycles. The quantitative estimate of drug-likeness (QED) is 0.882. The zero-order valence-corrected chi connectivity index (χ0v) is 13.1. The van der Waals surface area contributed by atoms with Gasteiger partial charge in [0.15, 0.2) is 0 Å². The van der Waals surface area contributed by atoms with Crippen molar-refractivity contribution >= 4 is 5.69 Å². The van der Waals surface area contributed by atoms with Gasteiger partial charge in [0.25, 0.3) is 0 Å². The second-order valence-electron chi connectivity index (χ2n) is 5.15.